The third kappa shape index (κ3) is 3.54. The first-order valence-corrected chi connectivity index (χ1v) is 5.14. The Morgan fingerprint density at radius 1 is 1.25 bits per heavy atom. The van der Waals surface area contributed by atoms with Gasteiger partial charge in [0.25, 0.3) is 5.88 Å². The van der Waals surface area contributed by atoms with Gasteiger partial charge in [0, 0.05) is 6.61 Å². The number of ether oxygens (including phenoxy) is 3. The van der Waals surface area contributed by atoms with Crippen LogP contribution in [0.1, 0.15) is 13.3 Å². The van der Waals surface area contributed by atoms with Gasteiger partial charge in [0.15, 0.2) is 5.82 Å². The van der Waals surface area contributed by atoms with Gasteiger partial charge < -0.3 is 19.9 Å². The molecule has 0 saturated carbocycles. The van der Waals surface area contributed by atoms with Gasteiger partial charge in [-0.25, -0.2) is 4.98 Å². The molecule has 90 valence electrons. The summed E-state index contributed by atoms with van der Waals surface area (Å²) in [5, 5.41) is 0. The summed E-state index contributed by atoms with van der Waals surface area (Å²) in [6.07, 6.45) is 2.32. The van der Waals surface area contributed by atoms with E-state index < -0.39 is 0 Å². The zero-order valence-corrected chi connectivity index (χ0v) is 9.60. The van der Waals surface area contributed by atoms with Crippen LogP contribution in [0.25, 0.3) is 0 Å². The van der Waals surface area contributed by atoms with E-state index in [1.165, 1.54) is 13.4 Å². The Kier molecular flexibility index (Phi) is 5.35. The van der Waals surface area contributed by atoms with E-state index in [0.717, 1.165) is 13.0 Å². The molecule has 0 bridgehead atoms. The molecule has 0 unspecified atom stereocenters. The Labute approximate surface area is 94.7 Å². The molecule has 0 atom stereocenters. The summed E-state index contributed by atoms with van der Waals surface area (Å²) < 4.78 is 15.7. The van der Waals surface area contributed by atoms with Crippen molar-refractivity contribution in [3.8, 4) is 11.6 Å². The molecule has 6 heteroatoms. The Bertz CT molecular complexity index is 320. The van der Waals surface area contributed by atoms with Gasteiger partial charge in [-0.05, 0) is 6.42 Å². The van der Waals surface area contributed by atoms with E-state index in [-0.39, 0.29) is 5.82 Å². The van der Waals surface area contributed by atoms with E-state index in [1.54, 1.807) is 0 Å². The highest BCUT2D eigenvalue weighted by Crippen LogP contribution is 2.28. The zero-order valence-electron chi connectivity index (χ0n) is 9.60. The summed E-state index contributed by atoms with van der Waals surface area (Å²) >= 11 is 0. The highest BCUT2D eigenvalue weighted by atomic mass is 16.5. The lowest BCUT2D eigenvalue weighted by molar-refractivity contribution is 0.0977. The Morgan fingerprint density at radius 2 is 2.06 bits per heavy atom. The molecule has 0 amide bonds. The van der Waals surface area contributed by atoms with Crippen molar-refractivity contribution in [1.29, 1.82) is 0 Å². The number of nitrogens with zero attached hydrogens (tertiary/aromatic N) is 2. The van der Waals surface area contributed by atoms with Crippen molar-refractivity contribution in [3.63, 3.8) is 0 Å². The Balaban J connectivity index is 2.44. The first kappa shape index (κ1) is 12.5. The second-order valence-corrected chi connectivity index (χ2v) is 3.06. The average molecular weight is 227 g/mol. The van der Waals surface area contributed by atoms with E-state index in [4.69, 9.17) is 19.9 Å². The number of anilines is 1. The largest absolute Gasteiger partial charge is 0.489 e. The maximum absolute atomic E-state index is 5.60. The van der Waals surface area contributed by atoms with Crippen LogP contribution in [0.3, 0.4) is 0 Å². The molecular formula is C10H17N3O3. The van der Waals surface area contributed by atoms with Gasteiger partial charge in [0.05, 0.1) is 13.7 Å². The molecule has 1 aromatic heterocycles. The molecule has 0 aromatic carbocycles. The third-order valence-electron chi connectivity index (χ3n) is 1.82. The molecule has 16 heavy (non-hydrogen) atoms. The molecule has 6 nitrogen and oxygen atoms in total. The normalized spacial score (nSPS) is 10.1. The van der Waals surface area contributed by atoms with Crippen molar-refractivity contribution in [2.45, 2.75) is 13.3 Å². The van der Waals surface area contributed by atoms with Gasteiger partial charge in [-0.1, -0.05) is 6.92 Å². The predicted molar refractivity (Wildman–Crippen MR) is 59.6 cm³/mol. The smallest absolute Gasteiger partial charge is 0.262 e. The SMILES string of the molecule is CCCOCCOc1ncnc(N)c1OC. The number of nitrogen functional groups attached to an aromatic ring is 1. The summed E-state index contributed by atoms with van der Waals surface area (Å²) in [6.45, 7) is 3.70. The molecule has 0 saturated heterocycles. The van der Waals surface area contributed by atoms with E-state index in [0.29, 0.717) is 24.8 Å². The first-order valence-electron chi connectivity index (χ1n) is 5.14. The van der Waals surface area contributed by atoms with Crippen LogP contribution in [-0.4, -0.2) is 36.9 Å². The van der Waals surface area contributed by atoms with Crippen LogP contribution in [0.5, 0.6) is 11.6 Å². The van der Waals surface area contributed by atoms with Crippen LogP contribution in [-0.2, 0) is 4.74 Å². The number of methoxy groups -OCH3 is 1. The molecule has 1 aromatic rings. The predicted octanol–water partition coefficient (Wildman–Crippen LogP) is 0.873. The molecule has 0 aliphatic rings. The van der Waals surface area contributed by atoms with Crippen LogP contribution in [0.4, 0.5) is 5.82 Å². The minimum absolute atomic E-state index is 0.266. The molecular weight excluding hydrogens is 210 g/mol. The molecule has 2 N–H and O–H groups in total. The van der Waals surface area contributed by atoms with Crippen molar-refractivity contribution in [2.75, 3.05) is 32.7 Å². The second-order valence-electron chi connectivity index (χ2n) is 3.06. The lowest BCUT2D eigenvalue weighted by Crippen LogP contribution is -2.09. The van der Waals surface area contributed by atoms with Crippen molar-refractivity contribution < 1.29 is 14.2 Å². The fraction of sp³-hybridized carbons (Fsp3) is 0.600. The number of rotatable bonds is 7. The summed E-state index contributed by atoms with van der Waals surface area (Å²) in [7, 11) is 1.50. The van der Waals surface area contributed by atoms with Gasteiger partial charge in [-0.15, -0.1) is 0 Å². The van der Waals surface area contributed by atoms with Crippen molar-refractivity contribution in [2.24, 2.45) is 0 Å². The topological polar surface area (TPSA) is 79.5 Å². The Morgan fingerprint density at radius 3 is 2.75 bits per heavy atom. The van der Waals surface area contributed by atoms with E-state index in [2.05, 4.69) is 16.9 Å². The molecule has 0 spiro atoms. The van der Waals surface area contributed by atoms with Crippen molar-refractivity contribution in [3.05, 3.63) is 6.33 Å². The van der Waals surface area contributed by atoms with Crippen molar-refractivity contribution in [1.82, 2.24) is 9.97 Å². The second kappa shape index (κ2) is 6.84. The van der Waals surface area contributed by atoms with Crippen LogP contribution < -0.4 is 15.2 Å². The van der Waals surface area contributed by atoms with Gasteiger partial charge in [0.2, 0.25) is 5.75 Å². The number of hydrogen-bond donors (Lipinski definition) is 1. The van der Waals surface area contributed by atoms with Gasteiger partial charge in [-0.2, -0.15) is 4.98 Å². The van der Waals surface area contributed by atoms with E-state index in [1.807, 2.05) is 0 Å². The monoisotopic (exact) mass is 227 g/mol. The lowest BCUT2D eigenvalue weighted by Gasteiger charge is -2.10. The van der Waals surface area contributed by atoms with Crippen LogP contribution in [0.2, 0.25) is 0 Å². The van der Waals surface area contributed by atoms with E-state index >= 15 is 0 Å². The third-order valence-corrected chi connectivity index (χ3v) is 1.82. The quantitative estimate of drug-likeness (QED) is 0.696. The number of hydrogen-bond acceptors (Lipinski definition) is 6. The van der Waals surface area contributed by atoms with Crippen LogP contribution >= 0.6 is 0 Å². The number of nitrogens with two attached hydrogens (primary N) is 1. The Hall–Kier alpha value is -1.56. The molecule has 0 fully saturated rings. The molecule has 0 aliphatic carbocycles. The summed E-state index contributed by atoms with van der Waals surface area (Å²) in [6, 6.07) is 0. The van der Waals surface area contributed by atoms with Crippen LogP contribution in [0, 0.1) is 0 Å². The number of aromatic nitrogens is 2. The van der Waals surface area contributed by atoms with Crippen molar-refractivity contribution >= 4 is 5.82 Å². The summed E-state index contributed by atoms with van der Waals surface area (Å²) in [5.74, 6) is 0.968. The highest BCUT2D eigenvalue weighted by molar-refractivity contribution is 5.51. The molecule has 0 radical (unpaired) electrons. The molecule has 0 aliphatic heterocycles. The maximum atomic E-state index is 5.60. The fourth-order valence-electron chi connectivity index (χ4n) is 1.11. The minimum atomic E-state index is 0.266. The summed E-state index contributed by atoms with van der Waals surface area (Å²) in [4.78, 5) is 7.73. The first-order chi connectivity index (χ1) is 7.79. The average Bonchev–Trinajstić information content (AvgIpc) is 2.29. The maximum Gasteiger partial charge on any atom is 0.262 e. The minimum Gasteiger partial charge on any atom is -0.489 e. The fourth-order valence-corrected chi connectivity index (χ4v) is 1.11. The molecule has 1 rings (SSSR count). The summed E-state index contributed by atoms with van der Waals surface area (Å²) in [5.41, 5.74) is 5.60. The van der Waals surface area contributed by atoms with Gasteiger partial charge in [-0.3, -0.25) is 0 Å². The zero-order chi connectivity index (χ0) is 11.8. The highest BCUT2D eigenvalue weighted by Gasteiger charge is 2.10. The lowest BCUT2D eigenvalue weighted by atomic mass is 10.5. The van der Waals surface area contributed by atoms with Gasteiger partial charge in [0.1, 0.15) is 12.9 Å². The van der Waals surface area contributed by atoms with E-state index in [9.17, 15) is 0 Å². The standard InChI is InChI=1S/C10H17N3O3/c1-3-4-15-5-6-16-10-8(14-2)9(11)12-7-13-10/h7H,3-6H2,1-2H3,(H2,11,12,13). The van der Waals surface area contributed by atoms with Gasteiger partial charge >= 0.3 is 0 Å². The van der Waals surface area contributed by atoms with Crippen LogP contribution in [0.15, 0.2) is 6.33 Å². The molecule has 1 heterocycles.